The molecule has 0 aliphatic heterocycles. The quantitative estimate of drug-likeness (QED) is 0.749. The van der Waals surface area contributed by atoms with E-state index in [0.29, 0.717) is 13.1 Å². The second kappa shape index (κ2) is 7.61. The van der Waals surface area contributed by atoms with Gasteiger partial charge in [0.25, 0.3) is 0 Å². The van der Waals surface area contributed by atoms with Crippen LogP contribution in [-0.4, -0.2) is 37.9 Å². The van der Waals surface area contributed by atoms with Crippen molar-refractivity contribution in [2.75, 3.05) is 7.05 Å². The zero-order valence-electron chi connectivity index (χ0n) is 15.3. The maximum absolute atomic E-state index is 12.5. The van der Waals surface area contributed by atoms with Crippen LogP contribution in [0, 0.1) is 0 Å². The molecule has 8 heteroatoms. The molecule has 1 aliphatic rings. The van der Waals surface area contributed by atoms with Gasteiger partial charge in [-0.1, -0.05) is 23.4 Å². The fourth-order valence-electron chi connectivity index (χ4n) is 3.39. The number of aromatic nitrogens is 4. The van der Waals surface area contributed by atoms with Crippen LogP contribution in [0.3, 0.4) is 0 Å². The number of fused-ring (bicyclic) bond motifs is 1. The molecule has 27 heavy (non-hydrogen) atoms. The van der Waals surface area contributed by atoms with Crippen molar-refractivity contribution in [2.24, 2.45) is 0 Å². The third-order valence-electron chi connectivity index (χ3n) is 4.85. The van der Waals surface area contributed by atoms with Gasteiger partial charge < -0.3 is 14.7 Å². The summed E-state index contributed by atoms with van der Waals surface area (Å²) in [4.78, 5) is 18.1. The normalized spacial score (nSPS) is 13.2. The number of benzene rings is 1. The number of amides is 2. The molecule has 0 bridgehead atoms. The summed E-state index contributed by atoms with van der Waals surface area (Å²) in [6.45, 7) is 0.839. The number of nitrogens with one attached hydrogen (secondary N) is 1. The van der Waals surface area contributed by atoms with Crippen LogP contribution in [0.2, 0.25) is 0 Å². The van der Waals surface area contributed by atoms with Crippen LogP contribution >= 0.6 is 0 Å². The van der Waals surface area contributed by atoms with Gasteiger partial charge in [0.2, 0.25) is 0 Å². The van der Waals surface area contributed by atoms with E-state index in [0.717, 1.165) is 48.4 Å². The third-order valence-corrected chi connectivity index (χ3v) is 4.85. The minimum atomic E-state index is -0.157. The highest BCUT2D eigenvalue weighted by molar-refractivity contribution is 5.74. The van der Waals surface area contributed by atoms with Crippen molar-refractivity contribution in [3.8, 4) is 5.69 Å². The minimum absolute atomic E-state index is 0.157. The van der Waals surface area contributed by atoms with Gasteiger partial charge in [-0.15, -0.1) is 0 Å². The zero-order chi connectivity index (χ0) is 18.6. The lowest BCUT2D eigenvalue weighted by molar-refractivity contribution is 0.205. The highest BCUT2D eigenvalue weighted by atomic mass is 16.5. The molecule has 3 aromatic rings. The van der Waals surface area contributed by atoms with Crippen molar-refractivity contribution in [3.63, 3.8) is 0 Å². The van der Waals surface area contributed by atoms with Gasteiger partial charge in [0.1, 0.15) is 24.1 Å². The standard InChI is InChI=1S/C19H22N6O2/c1-24(11-16-15-7-3-5-9-18(15)27-23-16)19(26)21-10-14-6-2-4-8-17(14)25-13-20-12-22-25/h2,4,6,8,12-13H,3,5,7,9-11H2,1H3,(H,21,26). The first-order chi connectivity index (χ1) is 13.2. The van der Waals surface area contributed by atoms with Crippen molar-refractivity contribution in [1.82, 2.24) is 30.1 Å². The first-order valence-electron chi connectivity index (χ1n) is 9.10. The molecule has 1 aliphatic carbocycles. The second-order valence-corrected chi connectivity index (χ2v) is 6.72. The number of carbonyl (C=O) groups excluding carboxylic acids is 1. The largest absolute Gasteiger partial charge is 0.361 e. The molecule has 1 N–H and O–H groups in total. The summed E-state index contributed by atoms with van der Waals surface area (Å²) in [7, 11) is 1.77. The van der Waals surface area contributed by atoms with Crippen LogP contribution in [0.15, 0.2) is 41.4 Å². The molecule has 0 fully saturated rings. The highest BCUT2D eigenvalue weighted by Crippen LogP contribution is 2.24. The summed E-state index contributed by atoms with van der Waals surface area (Å²) in [5.74, 6) is 0.979. The number of hydrogen-bond donors (Lipinski definition) is 1. The van der Waals surface area contributed by atoms with Gasteiger partial charge in [-0.05, 0) is 30.9 Å². The predicted octanol–water partition coefficient (Wildman–Crippen LogP) is 2.48. The third kappa shape index (κ3) is 3.69. The lowest BCUT2D eigenvalue weighted by atomic mass is 9.96. The van der Waals surface area contributed by atoms with Crippen LogP contribution in [0.25, 0.3) is 5.69 Å². The van der Waals surface area contributed by atoms with Crippen LogP contribution < -0.4 is 5.32 Å². The van der Waals surface area contributed by atoms with E-state index in [-0.39, 0.29) is 6.03 Å². The predicted molar refractivity (Wildman–Crippen MR) is 98.2 cm³/mol. The Labute approximate surface area is 157 Å². The molecule has 0 radical (unpaired) electrons. The molecular weight excluding hydrogens is 344 g/mol. The maximum Gasteiger partial charge on any atom is 0.317 e. The van der Waals surface area contributed by atoms with E-state index in [9.17, 15) is 4.79 Å². The molecule has 0 atom stereocenters. The summed E-state index contributed by atoms with van der Waals surface area (Å²) in [5.41, 5.74) is 3.90. The molecule has 8 nitrogen and oxygen atoms in total. The van der Waals surface area contributed by atoms with Crippen molar-refractivity contribution in [3.05, 3.63) is 59.5 Å². The average molecular weight is 366 g/mol. The van der Waals surface area contributed by atoms with Crippen molar-refractivity contribution < 1.29 is 9.32 Å². The van der Waals surface area contributed by atoms with Crippen LogP contribution in [-0.2, 0) is 25.9 Å². The first kappa shape index (κ1) is 17.3. The first-order valence-corrected chi connectivity index (χ1v) is 9.10. The molecule has 2 heterocycles. The van der Waals surface area contributed by atoms with Crippen LogP contribution in [0.5, 0.6) is 0 Å². The Morgan fingerprint density at radius 2 is 2.15 bits per heavy atom. The fourth-order valence-corrected chi connectivity index (χ4v) is 3.39. The van der Waals surface area contributed by atoms with Gasteiger partial charge in [-0.3, -0.25) is 0 Å². The molecule has 0 unspecified atom stereocenters. The lowest BCUT2D eigenvalue weighted by Crippen LogP contribution is -2.36. The second-order valence-electron chi connectivity index (χ2n) is 6.72. The van der Waals surface area contributed by atoms with Crippen molar-refractivity contribution in [2.45, 2.75) is 38.8 Å². The molecule has 0 spiro atoms. The van der Waals surface area contributed by atoms with E-state index >= 15 is 0 Å². The Morgan fingerprint density at radius 1 is 1.30 bits per heavy atom. The Morgan fingerprint density at radius 3 is 3.00 bits per heavy atom. The van der Waals surface area contributed by atoms with Crippen molar-refractivity contribution >= 4 is 6.03 Å². The number of nitrogens with zero attached hydrogens (tertiary/aromatic N) is 5. The van der Waals surface area contributed by atoms with E-state index in [2.05, 4.69) is 20.6 Å². The summed E-state index contributed by atoms with van der Waals surface area (Å²) in [5, 5.41) is 11.3. The summed E-state index contributed by atoms with van der Waals surface area (Å²) in [6, 6.07) is 7.62. The van der Waals surface area contributed by atoms with E-state index in [1.54, 1.807) is 23.0 Å². The SMILES string of the molecule is CN(Cc1noc2c1CCCC2)C(=O)NCc1ccccc1-n1cncn1. The van der Waals surface area contributed by atoms with Crippen molar-refractivity contribution in [1.29, 1.82) is 0 Å². The number of para-hydroxylation sites is 1. The smallest absolute Gasteiger partial charge is 0.317 e. The van der Waals surface area contributed by atoms with Gasteiger partial charge in [0.15, 0.2) is 0 Å². The number of aryl methyl sites for hydroxylation is 1. The minimum Gasteiger partial charge on any atom is -0.361 e. The molecule has 2 aromatic heterocycles. The Hall–Kier alpha value is -3.16. The highest BCUT2D eigenvalue weighted by Gasteiger charge is 2.21. The van der Waals surface area contributed by atoms with Gasteiger partial charge in [0, 0.05) is 25.6 Å². The molecular formula is C19H22N6O2. The van der Waals surface area contributed by atoms with E-state index in [1.165, 1.54) is 11.9 Å². The van der Waals surface area contributed by atoms with Crippen LogP contribution in [0.1, 0.15) is 35.4 Å². The summed E-state index contributed by atoms with van der Waals surface area (Å²) < 4.78 is 7.12. The maximum atomic E-state index is 12.5. The van der Waals surface area contributed by atoms with Gasteiger partial charge in [-0.2, -0.15) is 5.10 Å². The number of carbonyl (C=O) groups is 1. The van der Waals surface area contributed by atoms with E-state index in [1.807, 2.05) is 24.3 Å². The summed E-state index contributed by atoms with van der Waals surface area (Å²) >= 11 is 0. The van der Waals surface area contributed by atoms with E-state index in [4.69, 9.17) is 4.52 Å². The molecule has 2 amide bonds. The number of urea groups is 1. The number of rotatable bonds is 5. The zero-order valence-corrected chi connectivity index (χ0v) is 15.3. The molecule has 1 aromatic carbocycles. The Kier molecular flexibility index (Phi) is 4.86. The molecule has 0 saturated heterocycles. The molecule has 0 saturated carbocycles. The molecule has 140 valence electrons. The summed E-state index contributed by atoms with van der Waals surface area (Å²) in [6.07, 6.45) is 7.34. The monoisotopic (exact) mass is 366 g/mol. The Balaban J connectivity index is 1.39. The van der Waals surface area contributed by atoms with Crippen LogP contribution in [0.4, 0.5) is 4.79 Å². The lowest BCUT2D eigenvalue weighted by Gasteiger charge is -2.18. The van der Waals surface area contributed by atoms with Gasteiger partial charge in [-0.25, -0.2) is 14.5 Å². The van der Waals surface area contributed by atoms with Gasteiger partial charge >= 0.3 is 6.03 Å². The number of hydrogen-bond acceptors (Lipinski definition) is 5. The Bertz CT molecular complexity index is 918. The van der Waals surface area contributed by atoms with Gasteiger partial charge in [0.05, 0.1) is 12.2 Å². The molecule has 4 rings (SSSR count). The fraction of sp³-hybridized carbons (Fsp3) is 0.368. The van der Waals surface area contributed by atoms with E-state index < -0.39 is 0 Å². The average Bonchev–Trinajstić information content (AvgIpc) is 3.37. The topological polar surface area (TPSA) is 89.1 Å².